The van der Waals surface area contributed by atoms with Gasteiger partial charge in [0.05, 0.1) is 11.0 Å². The van der Waals surface area contributed by atoms with Crippen LogP contribution in [0.3, 0.4) is 0 Å². The number of fused-ring (bicyclic) bond motifs is 4. The molecule has 0 aliphatic heterocycles. The molecule has 0 radical (unpaired) electrons. The second kappa shape index (κ2) is 8.43. The van der Waals surface area contributed by atoms with Gasteiger partial charge < -0.3 is 4.57 Å². The van der Waals surface area contributed by atoms with Gasteiger partial charge in [-0.15, -0.1) is 0 Å². The highest BCUT2D eigenvalue weighted by atomic mass is 15.0. The summed E-state index contributed by atoms with van der Waals surface area (Å²) in [5.74, 6) is 1.03. The van der Waals surface area contributed by atoms with Crippen LogP contribution in [0.25, 0.3) is 49.4 Å². The number of nitrogens with zero attached hydrogens (tertiary/aromatic N) is 1. The maximum absolute atomic E-state index is 2.42. The van der Waals surface area contributed by atoms with Crippen molar-refractivity contribution in [2.45, 2.75) is 39.5 Å². The van der Waals surface area contributed by atoms with Gasteiger partial charge in [-0.1, -0.05) is 107 Å². The van der Waals surface area contributed by atoms with Crippen molar-refractivity contribution in [3.8, 4) is 16.8 Å². The number of rotatable bonds is 4. The van der Waals surface area contributed by atoms with Crippen LogP contribution in [0.5, 0.6) is 0 Å². The SMILES string of the molecule is CC(C)c1ccc(-n2c3ccccc3c3ccc(-c4cccc5ccc(C(C)C)cc45)cc32)cc1. The molecule has 5 aromatic carbocycles. The van der Waals surface area contributed by atoms with Gasteiger partial charge in [-0.05, 0) is 69.1 Å². The first-order chi connectivity index (χ1) is 17.0. The van der Waals surface area contributed by atoms with Gasteiger partial charge in [-0.2, -0.15) is 0 Å². The van der Waals surface area contributed by atoms with Crippen molar-refractivity contribution < 1.29 is 0 Å². The van der Waals surface area contributed by atoms with Gasteiger partial charge in [0, 0.05) is 16.5 Å². The van der Waals surface area contributed by atoms with Crippen LogP contribution in [-0.4, -0.2) is 4.57 Å². The number of aromatic nitrogens is 1. The third kappa shape index (κ3) is 3.63. The molecule has 1 heterocycles. The first-order valence-electron chi connectivity index (χ1n) is 12.7. The maximum atomic E-state index is 2.42. The Balaban J connectivity index is 1.62. The molecular formula is C34H31N. The Morgan fingerprint density at radius 1 is 0.514 bits per heavy atom. The quantitative estimate of drug-likeness (QED) is 0.250. The molecule has 0 spiro atoms. The number of para-hydroxylation sites is 1. The normalized spacial score (nSPS) is 11.9. The van der Waals surface area contributed by atoms with Crippen molar-refractivity contribution in [2.24, 2.45) is 0 Å². The van der Waals surface area contributed by atoms with Crippen LogP contribution in [0.2, 0.25) is 0 Å². The summed E-state index contributed by atoms with van der Waals surface area (Å²) in [6, 6.07) is 38.3. The van der Waals surface area contributed by atoms with E-state index in [0.29, 0.717) is 11.8 Å². The molecule has 0 fully saturated rings. The maximum Gasteiger partial charge on any atom is 0.0547 e. The topological polar surface area (TPSA) is 4.93 Å². The monoisotopic (exact) mass is 453 g/mol. The molecule has 0 aliphatic rings. The van der Waals surface area contributed by atoms with E-state index in [0.717, 1.165) is 0 Å². The largest absolute Gasteiger partial charge is 0.309 e. The van der Waals surface area contributed by atoms with Gasteiger partial charge in [0.25, 0.3) is 0 Å². The van der Waals surface area contributed by atoms with E-state index in [4.69, 9.17) is 0 Å². The Morgan fingerprint density at radius 2 is 1.23 bits per heavy atom. The minimum Gasteiger partial charge on any atom is -0.309 e. The molecule has 0 saturated heterocycles. The standard InChI is InChI=1S/C34H31N/c1-22(2)24-14-17-28(18-15-24)35-33-11-6-5-9-30(33)31-19-16-27(21-34(31)35)29-10-7-8-25-12-13-26(23(3)4)20-32(25)29/h5-23H,1-4H3. The predicted octanol–water partition coefficient (Wildman–Crippen LogP) is 9.85. The summed E-state index contributed by atoms with van der Waals surface area (Å²) >= 11 is 0. The molecule has 35 heavy (non-hydrogen) atoms. The van der Waals surface area contributed by atoms with Crippen LogP contribution in [-0.2, 0) is 0 Å². The summed E-state index contributed by atoms with van der Waals surface area (Å²) in [5.41, 5.74) is 9.00. The summed E-state index contributed by atoms with van der Waals surface area (Å²) in [5, 5.41) is 5.20. The fourth-order valence-electron chi connectivity index (χ4n) is 5.33. The van der Waals surface area contributed by atoms with Gasteiger partial charge in [-0.3, -0.25) is 0 Å². The van der Waals surface area contributed by atoms with Gasteiger partial charge in [-0.25, -0.2) is 0 Å². The molecule has 172 valence electrons. The van der Waals surface area contributed by atoms with E-state index < -0.39 is 0 Å². The van der Waals surface area contributed by atoms with Crippen LogP contribution < -0.4 is 0 Å². The van der Waals surface area contributed by atoms with Crippen molar-refractivity contribution in [3.05, 3.63) is 114 Å². The lowest BCUT2D eigenvalue weighted by Gasteiger charge is -2.13. The zero-order chi connectivity index (χ0) is 24.1. The summed E-state index contributed by atoms with van der Waals surface area (Å²) < 4.78 is 2.42. The fraction of sp³-hybridized carbons (Fsp3) is 0.176. The lowest BCUT2D eigenvalue weighted by atomic mass is 9.93. The van der Waals surface area contributed by atoms with Crippen LogP contribution in [0, 0.1) is 0 Å². The van der Waals surface area contributed by atoms with Gasteiger partial charge >= 0.3 is 0 Å². The summed E-state index contributed by atoms with van der Waals surface area (Å²) in [4.78, 5) is 0. The molecule has 0 aliphatic carbocycles. The van der Waals surface area contributed by atoms with E-state index in [1.54, 1.807) is 0 Å². The zero-order valence-electron chi connectivity index (χ0n) is 20.9. The van der Waals surface area contributed by atoms with Crippen molar-refractivity contribution in [3.63, 3.8) is 0 Å². The molecule has 0 N–H and O–H groups in total. The summed E-state index contributed by atoms with van der Waals surface area (Å²) in [6.07, 6.45) is 0. The third-order valence-corrected chi connectivity index (χ3v) is 7.38. The molecule has 0 amide bonds. The Hall–Kier alpha value is -3.84. The molecular weight excluding hydrogens is 422 g/mol. The smallest absolute Gasteiger partial charge is 0.0547 e. The van der Waals surface area contributed by atoms with Gasteiger partial charge in [0.15, 0.2) is 0 Å². The lowest BCUT2D eigenvalue weighted by Crippen LogP contribution is -1.95. The average Bonchev–Trinajstić information content (AvgIpc) is 3.21. The highest BCUT2D eigenvalue weighted by Crippen LogP contribution is 2.37. The highest BCUT2D eigenvalue weighted by Gasteiger charge is 2.14. The Morgan fingerprint density at radius 3 is 2.00 bits per heavy atom. The minimum atomic E-state index is 0.506. The Bertz CT molecular complexity index is 1680. The summed E-state index contributed by atoms with van der Waals surface area (Å²) in [6.45, 7) is 9.02. The number of hydrogen-bond acceptors (Lipinski definition) is 0. The fourth-order valence-corrected chi connectivity index (χ4v) is 5.33. The second-order valence-electron chi connectivity index (χ2n) is 10.3. The van der Waals surface area contributed by atoms with Crippen LogP contribution in [0.1, 0.15) is 50.7 Å². The highest BCUT2D eigenvalue weighted by molar-refractivity contribution is 6.11. The van der Waals surface area contributed by atoms with E-state index in [2.05, 4.69) is 135 Å². The van der Waals surface area contributed by atoms with Crippen LogP contribution in [0.15, 0.2) is 103 Å². The van der Waals surface area contributed by atoms with Gasteiger partial charge in [0.1, 0.15) is 0 Å². The van der Waals surface area contributed by atoms with Crippen molar-refractivity contribution in [2.75, 3.05) is 0 Å². The first-order valence-corrected chi connectivity index (χ1v) is 12.7. The second-order valence-corrected chi connectivity index (χ2v) is 10.3. The van der Waals surface area contributed by atoms with Crippen LogP contribution >= 0.6 is 0 Å². The van der Waals surface area contributed by atoms with E-state index in [-0.39, 0.29) is 0 Å². The lowest BCUT2D eigenvalue weighted by molar-refractivity contribution is 0.866. The molecule has 1 aromatic heterocycles. The zero-order valence-corrected chi connectivity index (χ0v) is 20.9. The van der Waals surface area contributed by atoms with Gasteiger partial charge in [0.2, 0.25) is 0 Å². The Kier molecular flexibility index (Phi) is 5.22. The number of hydrogen-bond donors (Lipinski definition) is 0. The van der Waals surface area contributed by atoms with Crippen molar-refractivity contribution in [1.29, 1.82) is 0 Å². The predicted molar refractivity (Wildman–Crippen MR) is 152 cm³/mol. The molecule has 0 saturated carbocycles. The number of benzene rings is 5. The molecule has 0 atom stereocenters. The molecule has 1 nitrogen and oxygen atoms in total. The third-order valence-electron chi connectivity index (χ3n) is 7.38. The van der Waals surface area contributed by atoms with Crippen LogP contribution in [0.4, 0.5) is 0 Å². The van der Waals surface area contributed by atoms with E-state index in [9.17, 15) is 0 Å². The molecule has 6 aromatic rings. The van der Waals surface area contributed by atoms with E-state index in [1.165, 1.54) is 60.5 Å². The van der Waals surface area contributed by atoms with E-state index >= 15 is 0 Å². The molecule has 0 unspecified atom stereocenters. The summed E-state index contributed by atoms with van der Waals surface area (Å²) in [7, 11) is 0. The van der Waals surface area contributed by atoms with Crippen molar-refractivity contribution >= 4 is 32.6 Å². The molecule has 1 heteroatoms. The Labute approximate surface area is 207 Å². The van der Waals surface area contributed by atoms with Crippen molar-refractivity contribution in [1.82, 2.24) is 4.57 Å². The average molecular weight is 454 g/mol. The van der Waals surface area contributed by atoms with E-state index in [1.807, 2.05) is 0 Å². The molecule has 6 rings (SSSR count). The first kappa shape index (κ1) is 21.7. The minimum absolute atomic E-state index is 0.506. The molecule has 0 bridgehead atoms.